The Kier molecular flexibility index (Phi) is 5.03. The highest BCUT2D eigenvalue weighted by molar-refractivity contribution is 7.94. The van der Waals surface area contributed by atoms with Crippen LogP contribution >= 0.6 is 11.6 Å². The Hall–Kier alpha value is -2.90. The van der Waals surface area contributed by atoms with E-state index in [-0.39, 0.29) is 33.4 Å². The third-order valence-corrected chi connectivity index (χ3v) is 7.12. The van der Waals surface area contributed by atoms with Crippen molar-refractivity contribution in [3.05, 3.63) is 88.2 Å². The van der Waals surface area contributed by atoms with Crippen LogP contribution in [0.2, 0.25) is 5.02 Å². The molecule has 2 amide bonds. The van der Waals surface area contributed by atoms with E-state index in [9.17, 15) is 17.6 Å². The number of carbonyl (C=O) groups excluding carboxylic acids is 1. The van der Waals surface area contributed by atoms with Crippen molar-refractivity contribution in [1.29, 1.82) is 0 Å². The van der Waals surface area contributed by atoms with Crippen LogP contribution in [0.25, 0.3) is 0 Å². The van der Waals surface area contributed by atoms with Gasteiger partial charge in [0.25, 0.3) is 10.0 Å². The largest absolute Gasteiger partial charge is 0.343 e. The Balaban J connectivity index is 1.92. The van der Waals surface area contributed by atoms with Crippen LogP contribution in [-0.4, -0.2) is 14.4 Å². The monoisotopic (exact) mass is 444 g/mol. The number of urea groups is 1. The van der Waals surface area contributed by atoms with Gasteiger partial charge in [-0.2, -0.15) is 4.31 Å². The Bertz CT molecular complexity index is 1260. The third kappa shape index (κ3) is 3.24. The normalized spacial score (nSPS) is 15.3. The Morgan fingerprint density at radius 1 is 0.967 bits per heavy atom. The minimum Gasteiger partial charge on any atom is -0.287 e. The summed E-state index contributed by atoms with van der Waals surface area (Å²) in [6.45, 7) is 3.41. The van der Waals surface area contributed by atoms with Crippen LogP contribution < -0.4 is 9.21 Å². The first-order valence-corrected chi connectivity index (χ1v) is 11.0. The predicted molar refractivity (Wildman–Crippen MR) is 115 cm³/mol. The molecule has 1 heterocycles. The second-order valence-corrected chi connectivity index (χ2v) is 9.26. The quantitative estimate of drug-likeness (QED) is 0.541. The Morgan fingerprint density at radius 3 is 2.40 bits per heavy atom. The van der Waals surface area contributed by atoms with Crippen LogP contribution in [0.15, 0.2) is 65.6 Å². The zero-order chi connectivity index (χ0) is 21.6. The lowest BCUT2D eigenvalue weighted by Gasteiger charge is -2.37. The number of hydrogen-bond acceptors (Lipinski definition) is 3. The van der Waals surface area contributed by atoms with E-state index in [0.29, 0.717) is 5.56 Å². The van der Waals surface area contributed by atoms with Gasteiger partial charge in [-0.15, -0.1) is 0 Å². The molecule has 0 atom stereocenters. The molecule has 0 unspecified atom stereocenters. The maximum absolute atomic E-state index is 14.4. The summed E-state index contributed by atoms with van der Waals surface area (Å²) in [5, 5.41) is 0.159. The highest BCUT2D eigenvalue weighted by Crippen LogP contribution is 2.39. The first-order chi connectivity index (χ1) is 14.2. The summed E-state index contributed by atoms with van der Waals surface area (Å²) in [5.41, 5.74) is 2.12. The van der Waals surface area contributed by atoms with Crippen LogP contribution in [0.3, 0.4) is 0 Å². The highest BCUT2D eigenvalue weighted by Gasteiger charge is 2.43. The maximum Gasteiger partial charge on any atom is 0.343 e. The zero-order valence-electron chi connectivity index (χ0n) is 16.3. The van der Waals surface area contributed by atoms with E-state index >= 15 is 0 Å². The fraction of sp³-hybridized carbons (Fsp3) is 0.136. The molecular weight excluding hydrogens is 427 g/mol. The first kappa shape index (κ1) is 20.4. The van der Waals surface area contributed by atoms with Crippen molar-refractivity contribution in [2.45, 2.75) is 25.3 Å². The number of sulfonamides is 1. The highest BCUT2D eigenvalue weighted by atomic mass is 35.5. The van der Waals surface area contributed by atoms with Gasteiger partial charge < -0.3 is 0 Å². The van der Waals surface area contributed by atoms with E-state index in [4.69, 9.17) is 11.6 Å². The minimum absolute atomic E-state index is 0.0305. The molecule has 1 aliphatic heterocycles. The number of nitrogens with zero attached hydrogens (tertiary/aromatic N) is 2. The molecule has 0 saturated carbocycles. The summed E-state index contributed by atoms with van der Waals surface area (Å²) >= 11 is 6.17. The predicted octanol–water partition coefficient (Wildman–Crippen LogP) is 5.43. The molecule has 0 bridgehead atoms. The Labute approximate surface area is 179 Å². The number of halogens is 2. The van der Waals surface area contributed by atoms with E-state index in [0.717, 1.165) is 9.87 Å². The molecule has 4 rings (SSSR count). The van der Waals surface area contributed by atoms with Gasteiger partial charge in [-0.1, -0.05) is 47.5 Å². The zero-order valence-corrected chi connectivity index (χ0v) is 17.8. The lowest BCUT2D eigenvalue weighted by Crippen LogP contribution is -2.51. The second kappa shape index (κ2) is 7.41. The molecule has 0 radical (unpaired) electrons. The number of anilines is 2. The number of rotatable bonds is 3. The van der Waals surface area contributed by atoms with Crippen LogP contribution in [0, 0.1) is 19.7 Å². The molecule has 0 saturated heterocycles. The molecule has 5 nitrogen and oxygen atoms in total. The third-order valence-electron chi connectivity index (χ3n) is 5.03. The molecule has 0 aliphatic carbocycles. The lowest BCUT2D eigenvalue weighted by molar-refractivity contribution is 0.253. The molecule has 0 aromatic heterocycles. The van der Waals surface area contributed by atoms with Crippen molar-refractivity contribution in [3.63, 3.8) is 0 Å². The summed E-state index contributed by atoms with van der Waals surface area (Å²) in [5.74, 6) is -0.570. The van der Waals surface area contributed by atoms with E-state index in [1.807, 2.05) is 6.92 Å². The van der Waals surface area contributed by atoms with Crippen molar-refractivity contribution in [1.82, 2.24) is 0 Å². The number of aryl methyl sites for hydroxylation is 2. The fourth-order valence-corrected chi connectivity index (χ4v) is 5.45. The van der Waals surface area contributed by atoms with Gasteiger partial charge in [-0.05, 0) is 49.7 Å². The molecule has 8 heteroatoms. The van der Waals surface area contributed by atoms with Gasteiger partial charge in [-0.3, -0.25) is 4.90 Å². The summed E-state index contributed by atoms with van der Waals surface area (Å²) in [7, 11) is -4.15. The van der Waals surface area contributed by atoms with Gasteiger partial charge in [0.2, 0.25) is 0 Å². The molecule has 0 spiro atoms. The molecular formula is C22H18ClFN2O3S. The van der Waals surface area contributed by atoms with Crippen molar-refractivity contribution < 1.29 is 17.6 Å². The van der Waals surface area contributed by atoms with Gasteiger partial charge >= 0.3 is 6.03 Å². The van der Waals surface area contributed by atoms with Gasteiger partial charge in [0.05, 0.1) is 17.9 Å². The average molecular weight is 445 g/mol. The van der Waals surface area contributed by atoms with E-state index in [2.05, 4.69) is 0 Å². The van der Waals surface area contributed by atoms with Crippen LogP contribution in [0.1, 0.15) is 16.7 Å². The number of carbonyl (C=O) groups is 1. The molecule has 0 fully saturated rings. The lowest BCUT2D eigenvalue weighted by atomic mass is 10.1. The smallest absolute Gasteiger partial charge is 0.287 e. The summed E-state index contributed by atoms with van der Waals surface area (Å²) in [4.78, 5) is 14.7. The molecule has 3 aromatic rings. The average Bonchev–Trinajstić information content (AvgIpc) is 2.69. The number of amides is 2. The maximum atomic E-state index is 14.4. The van der Waals surface area contributed by atoms with Gasteiger partial charge in [0.1, 0.15) is 10.7 Å². The van der Waals surface area contributed by atoms with Gasteiger partial charge in [0, 0.05) is 10.6 Å². The standard InChI is InChI=1S/C22H18ClFN2O3S/c1-14-10-11-19(15(2)12-14)26-22(27)25(13-16-17(23)6-5-7-18(16)24)20-8-3-4-9-21(20)30(26,28)29/h3-12H,13H2,1-2H3. The molecule has 3 aromatic carbocycles. The van der Waals surface area contributed by atoms with Crippen molar-refractivity contribution in [2.75, 3.05) is 9.21 Å². The number of para-hydroxylation sites is 1. The van der Waals surface area contributed by atoms with Crippen LogP contribution in [0.4, 0.5) is 20.6 Å². The van der Waals surface area contributed by atoms with Crippen molar-refractivity contribution in [3.8, 4) is 0 Å². The second-order valence-electron chi connectivity index (χ2n) is 7.10. The summed E-state index contributed by atoms with van der Waals surface area (Å²) in [6.07, 6.45) is 0. The SMILES string of the molecule is Cc1ccc(N2C(=O)N(Cc3c(F)cccc3Cl)c3ccccc3S2(=O)=O)c(C)c1. The molecule has 154 valence electrons. The molecule has 0 N–H and O–H groups in total. The Morgan fingerprint density at radius 2 is 1.70 bits per heavy atom. The number of benzene rings is 3. The van der Waals surface area contributed by atoms with E-state index in [1.165, 1.54) is 35.2 Å². The fourth-order valence-electron chi connectivity index (χ4n) is 3.57. The number of fused-ring (bicyclic) bond motifs is 1. The summed E-state index contributed by atoms with van der Waals surface area (Å²) in [6, 6.07) is 14.8. The topological polar surface area (TPSA) is 57.7 Å². The minimum atomic E-state index is -4.15. The van der Waals surface area contributed by atoms with Gasteiger partial charge in [0.15, 0.2) is 0 Å². The van der Waals surface area contributed by atoms with Crippen molar-refractivity contribution >= 4 is 39.0 Å². The molecule has 1 aliphatic rings. The van der Waals surface area contributed by atoms with Gasteiger partial charge in [-0.25, -0.2) is 17.6 Å². The number of hydrogen-bond donors (Lipinski definition) is 0. The summed E-state index contributed by atoms with van der Waals surface area (Å²) < 4.78 is 41.9. The first-order valence-electron chi connectivity index (χ1n) is 9.18. The van der Waals surface area contributed by atoms with Crippen LogP contribution in [0.5, 0.6) is 0 Å². The van der Waals surface area contributed by atoms with E-state index < -0.39 is 21.9 Å². The van der Waals surface area contributed by atoms with E-state index in [1.54, 1.807) is 37.3 Å². The van der Waals surface area contributed by atoms with Crippen molar-refractivity contribution in [2.24, 2.45) is 0 Å². The van der Waals surface area contributed by atoms with Crippen LogP contribution in [-0.2, 0) is 16.6 Å². The molecule has 30 heavy (non-hydrogen) atoms.